The van der Waals surface area contributed by atoms with Crippen LogP contribution in [0.4, 0.5) is 0 Å². The predicted molar refractivity (Wildman–Crippen MR) is 128 cm³/mol. The molecule has 3 aromatic rings. The predicted octanol–water partition coefficient (Wildman–Crippen LogP) is 3.61. The van der Waals surface area contributed by atoms with Crippen LogP contribution in [0.25, 0.3) is 0 Å². The fraction of sp³-hybridized carbons (Fsp3) is 0.222. The average Bonchev–Trinajstić information content (AvgIpc) is 2.82. The summed E-state index contributed by atoms with van der Waals surface area (Å²) in [5, 5.41) is 0. The van der Waals surface area contributed by atoms with Crippen molar-refractivity contribution >= 4 is 17.7 Å². The van der Waals surface area contributed by atoms with Gasteiger partial charge in [0, 0.05) is 20.0 Å². The van der Waals surface area contributed by atoms with Crippen LogP contribution >= 0.6 is 0 Å². The number of carbonyl (C=O) groups is 3. The van der Waals surface area contributed by atoms with Gasteiger partial charge in [0.25, 0.3) is 5.91 Å². The molecule has 0 aromatic heterocycles. The number of ketones is 1. The lowest BCUT2D eigenvalue weighted by atomic mass is 10.0. The average molecular weight is 461 g/mol. The first-order valence-corrected chi connectivity index (χ1v) is 11.0. The van der Waals surface area contributed by atoms with Crippen LogP contribution in [0, 0.1) is 0 Å². The number of esters is 1. The third kappa shape index (κ3) is 7.28. The van der Waals surface area contributed by atoms with Crippen molar-refractivity contribution in [2.24, 2.45) is 5.73 Å². The molecule has 2 N–H and O–H groups in total. The first-order chi connectivity index (χ1) is 16.4. The van der Waals surface area contributed by atoms with Crippen molar-refractivity contribution in [2.45, 2.75) is 20.0 Å². The molecule has 0 bridgehead atoms. The lowest BCUT2D eigenvalue weighted by Gasteiger charge is -2.23. The zero-order valence-electron chi connectivity index (χ0n) is 19.1. The molecule has 0 aliphatic carbocycles. The van der Waals surface area contributed by atoms with Crippen LogP contribution in [0.5, 0.6) is 5.75 Å². The van der Waals surface area contributed by atoms with Gasteiger partial charge in [-0.05, 0) is 23.3 Å². The van der Waals surface area contributed by atoms with Gasteiger partial charge in [-0.2, -0.15) is 0 Å². The molecular formula is C27H28N2O5. The highest BCUT2D eigenvalue weighted by Gasteiger charge is 2.21. The van der Waals surface area contributed by atoms with Crippen molar-refractivity contribution in [3.63, 3.8) is 0 Å². The van der Waals surface area contributed by atoms with E-state index in [9.17, 15) is 14.4 Å². The maximum absolute atomic E-state index is 13.4. The molecule has 7 nitrogen and oxygen atoms in total. The van der Waals surface area contributed by atoms with E-state index in [4.69, 9.17) is 15.2 Å². The number of hydrogen-bond acceptors (Lipinski definition) is 6. The van der Waals surface area contributed by atoms with E-state index in [2.05, 4.69) is 0 Å². The van der Waals surface area contributed by atoms with Crippen molar-refractivity contribution in [2.75, 3.05) is 19.8 Å². The number of amides is 1. The van der Waals surface area contributed by atoms with E-state index >= 15 is 0 Å². The minimum atomic E-state index is -0.706. The lowest BCUT2D eigenvalue weighted by molar-refractivity contribution is -0.141. The molecule has 3 aromatic carbocycles. The van der Waals surface area contributed by atoms with E-state index < -0.39 is 11.9 Å². The third-order valence-corrected chi connectivity index (χ3v) is 5.08. The molecule has 7 heteroatoms. The second kappa shape index (κ2) is 12.3. The minimum absolute atomic E-state index is 0.00972. The molecule has 0 heterocycles. The molecular weight excluding hydrogens is 432 g/mol. The Kier molecular flexibility index (Phi) is 8.94. The first-order valence-electron chi connectivity index (χ1n) is 11.0. The van der Waals surface area contributed by atoms with Crippen LogP contribution in [0.1, 0.15) is 38.8 Å². The molecule has 176 valence electrons. The van der Waals surface area contributed by atoms with Gasteiger partial charge < -0.3 is 15.2 Å². The van der Waals surface area contributed by atoms with E-state index in [1.54, 1.807) is 12.1 Å². The summed E-state index contributed by atoms with van der Waals surface area (Å²) in [6.07, 6.45) is 0. The molecule has 3 rings (SSSR count). The Morgan fingerprint density at radius 1 is 0.765 bits per heavy atom. The largest absolute Gasteiger partial charge is 0.488 e. The van der Waals surface area contributed by atoms with E-state index in [1.807, 2.05) is 65.6 Å². The molecule has 0 radical (unpaired) electrons. The Hall–Kier alpha value is -3.97. The number of hydrogen-bond donors (Lipinski definition) is 1. The summed E-state index contributed by atoms with van der Waals surface area (Å²) >= 11 is 0. The van der Waals surface area contributed by atoms with E-state index in [1.165, 1.54) is 13.0 Å². The quantitative estimate of drug-likeness (QED) is 0.252. The summed E-state index contributed by atoms with van der Waals surface area (Å²) in [5.74, 6) is -1.26. The summed E-state index contributed by atoms with van der Waals surface area (Å²) < 4.78 is 10.6. The molecule has 0 saturated heterocycles. The van der Waals surface area contributed by atoms with Gasteiger partial charge in [0.15, 0.2) is 5.78 Å². The Labute approximate surface area is 199 Å². The van der Waals surface area contributed by atoms with E-state index in [0.29, 0.717) is 13.1 Å². The number of carbonyl (C=O) groups excluding carboxylic acids is 3. The zero-order valence-corrected chi connectivity index (χ0v) is 19.1. The molecule has 0 aliphatic heterocycles. The zero-order chi connectivity index (χ0) is 24.3. The van der Waals surface area contributed by atoms with Crippen LogP contribution in [0.2, 0.25) is 0 Å². The molecule has 1 amide bonds. The SMILES string of the molecule is CC(=O)OCCOc1c(C(N)=O)cccc1C(=O)CN(Cc1ccccc1)Cc1ccccc1. The fourth-order valence-corrected chi connectivity index (χ4v) is 3.57. The number of nitrogens with zero attached hydrogens (tertiary/aromatic N) is 1. The van der Waals surface area contributed by atoms with E-state index in [-0.39, 0.29) is 42.4 Å². The number of benzene rings is 3. The van der Waals surface area contributed by atoms with Gasteiger partial charge >= 0.3 is 5.97 Å². The molecule has 0 atom stereocenters. The number of para-hydroxylation sites is 1. The highest BCUT2D eigenvalue weighted by molar-refractivity contribution is 6.05. The second-order valence-corrected chi connectivity index (χ2v) is 7.77. The third-order valence-electron chi connectivity index (χ3n) is 5.08. The van der Waals surface area contributed by atoms with Crippen molar-refractivity contribution in [1.29, 1.82) is 0 Å². The maximum Gasteiger partial charge on any atom is 0.302 e. The van der Waals surface area contributed by atoms with Gasteiger partial charge in [0.2, 0.25) is 0 Å². The van der Waals surface area contributed by atoms with Gasteiger partial charge in [-0.15, -0.1) is 0 Å². The van der Waals surface area contributed by atoms with E-state index in [0.717, 1.165) is 11.1 Å². The summed E-state index contributed by atoms with van der Waals surface area (Å²) in [6.45, 7) is 2.51. The van der Waals surface area contributed by atoms with Crippen LogP contribution in [-0.4, -0.2) is 42.3 Å². The number of primary amides is 1. The van der Waals surface area contributed by atoms with Crippen LogP contribution in [-0.2, 0) is 22.6 Å². The maximum atomic E-state index is 13.4. The summed E-state index contributed by atoms with van der Waals surface area (Å²) in [6, 6.07) is 24.5. The normalized spacial score (nSPS) is 10.6. The van der Waals surface area contributed by atoms with Gasteiger partial charge in [0.1, 0.15) is 19.0 Å². The first kappa shape index (κ1) is 24.7. The number of Topliss-reactive ketones (excluding diaryl/α,β-unsaturated/α-hetero) is 1. The highest BCUT2D eigenvalue weighted by Crippen LogP contribution is 2.25. The topological polar surface area (TPSA) is 98.9 Å². The fourth-order valence-electron chi connectivity index (χ4n) is 3.57. The number of nitrogens with two attached hydrogens (primary N) is 1. The van der Waals surface area contributed by atoms with Crippen molar-refractivity contribution in [3.05, 3.63) is 101 Å². The second-order valence-electron chi connectivity index (χ2n) is 7.77. The van der Waals surface area contributed by atoms with Crippen molar-refractivity contribution in [3.8, 4) is 5.75 Å². The van der Waals surface area contributed by atoms with Gasteiger partial charge in [-0.25, -0.2) is 0 Å². The van der Waals surface area contributed by atoms with Crippen molar-refractivity contribution in [1.82, 2.24) is 4.90 Å². The lowest BCUT2D eigenvalue weighted by Crippen LogP contribution is -2.30. The molecule has 0 fully saturated rings. The van der Waals surface area contributed by atoms with Crippen LogP contribution in [0.3, 0.4) is 0 Å². The molecule has 0 spiro atoms. The Morgan fingerprint density at radius 3 is 1.85 bits per heavy atom. The molecule has 0 unspecified atom stereocenters. The Morgan fingerprint density at radius 2 is 1.32 bits per heavy atom. The smallest absolute Gasteiger partial charge is 0.302 e. The summed E-state index contributed by atoms with van der Waals surface area (Å²) in [4.78, 5) is 38.4. The highest BCUT2D eigenvalue weighted by atomic mass is 16.6. The monoisotopic (exact) mass is 460 g/mol. The molecule has 34 heavy (non-hydrogen) atoms. The summed E-state index contributed by atoms with van der Waals surface area (Å²) in [5.41, 5.74) is 8.03. The van der Waals surface area contributed by atoms with Crippen molar-refractivity contribution < 1.29 is 23.9 Å². The number of ether oxygens (including phenoxy) is 2. The van der Waals surface area contributed by atoms with Gasteiger partial charge in [-0.3, -0.25) is 19.3 Å². The Bertz CT molecular complexity index is 1070. The molecule has 0 aliphatic rings. The van der Waals surface area contributed by atoms with Gasteiger partial charge in [0.05, 0.1) is 17.7 Å². The Balaban J connectivity index is 1.83. The van der Waals surface area contributed by atoms with Gasteiger partial charge in [-0.1, -0.05) is 66.7 Å². The molecule has 0 saturated carbocycles. The minimum Gasteiger partial charge on any atom is -0.488 e. The standard InChI is InChI=1S/C27H28N2O5/c1-20(30)33-15-16-34-26-23(13-8-14-24(26)27(28)32)25(31)19-29(17-21-9-4-2-5-10-21)18-22-11-6-3-7-12-22/h2-14H,15-19H2,1H3,(H2,28,32). The summed E-state index contributed by atoms with van der Waals surface area (Å²) in [7, 11) is 0. The number of rotatable bonds is 12. The van der Waals surface area contributed by atoms with Crippen LogP contribution < -0.4 is 10.5 Å². The van der Waals surface area contributed by atoms with Crippen LogP contribution in [0.15, 0.2) is 78.9 Å².